The molecular weight excluding hydrogens is 350 g/mol. The van der Waals surface area contributed by atoms with Crippen molar-refractivity contribution < 1.29 is 9.59 Å². The van der Waals surface area contributed by atoms with Gasteiger partial charge >= 0.3 is 0 Å². The summed E-state index contributed by atoms with van der Waals surface area (Å²) in [5.74, 6) is 1.45. The first-order valence-electron chi connectivity index (χ1n) is 10.2. The van der Waals surface area contributed by atoms with Crippen LogP contribution in [0.2, 0.25) is 0 Å². The molecule has 5 heteroatoms. The maximum atomic E-state index is 12.7. The minimum absolute atomic E-state index is 0.234. The van der Waals surface area contributed by atoms with Crippen LogP contribution in [0.25, 0.3) is 0 Å². The van der Waals surface area contributed by atoms with Gasteiger partial charge in [-0.2, -0.15) is 0 Å². The van der Waals surface area contributed by atoms with Crippen molar-refractivity contribution >= 4 is 18.0 Å². The van der Waals surface area contributed by atoms with E-state index in [1.807, 2.05) is 29.2 Å². The fourth-order valence-electron chi connectivity index (χ4n) is 3.91. The van der Waals surface area contributed by atoms with Crippen molar-refractivity contribution in [1.29, 1.82) is 0 Å². The Morgan fingerprint density at radius 2 is 2.07 bits per heavy atom. The molecule has 1 saturated heterocycles. The molecule has 0 spiro atoms. The van der Waals surface area contributed by atoms with Crippen molar-refractivity contribution in [3.63, 3.8) is 0 Å². The minimum Gasteiger partial charge on any atom is -0.370 e. The summed E-state index contributed by atoms with van der Waals surface area (Å²) >= 11 is 0. The highest BCUT2D eigenvalue weighted by molar-refractivity contribution is 5.76. The van der Waals surface area contributed by atoms with Gasteiger partial charge in [0.2, 0.25) is 5.91 Å². The Morgan fingerprint density at radius 1 is 1.21 bits per heavy atom. The number of nitrogens with zero attached hydrogens (tertiary/aromatic N) is 2. The molecule has 1 fully saturated rings. The number of benzene rings is 1. The molecule has 1 atom stereocenters. The minimum atomic E-state index is 0.234. The number of rotatable bonds is 9. The van der Waals surface area contributed by atoms with E-state index in [4.69, 9.17) is 0 Å². The lowest BCUT2D eigenvalue weighted by Gasteiger charge is -2.34. The van der Waals surface area contributed by atoms with Crippen LogP contribution >= 0.6 is 0 Å². The van der Waals surface area contributed by atoms with Crippen molar-refractivity contribution in [3.8, 4) is 0 Å². The number of nitrogens with one attached hydrogen (secondary N) is 1. The number of piperidine rings is 1. The molecule has 1 amide bonds. The van der Waals surface area contributed by atoms with Gasteiger partial charge in [0.1, 0.15) is 12.1 Å². The zero-order valence-corrected chi connectivity index (χ0v) is 16.3. The number of aromatic nitrogens is 1. The van der Waals surface area contributed by atoms with E-state index in [0.717, 1.165) is 57.4 Å². The second-order valence-corrected chi connectivity index (χ2v) is 7.33. The van der Waals surface area contributed by atoms with Gasteiger partial charge in [-0.3, -0.25) is 4.79 Å². The van der Waals surface area contributed by atoms with Gasteiger partial charge in [0, 0.05) is 44.6 Å². The monoisotopic (exact) mass is 379 g/mol. The predicted molar refractivity (Wildman–Crippen MR) is 111 cm³/mol. The van der Waals surface area contributed by atoms with Crippen molar-refractivity contribution in [2.75, 3.05) is 25.0 Å². The van der Waals surface area contributed by atoms with E-state index in [-0.39, 0.29) is 5.91 Å². The number of pyridine rings is 1. The van der Waals surface area contributed by atoms with E-state index in [2.05, 4.69) is 28.5 Å². The Balaban J connectivity index is 1.50. The van der Waals surface area contributed by atoms with Crippen molar-refractivity contribution in [2.24, 2.45) is 0 Å². The van der Waals surface area contributed by atoms with Gasteiger partial charge in [0.15, 0.2) is 0 Å². The molecule has 0 bridgehead atoms. The maximum absolute atomic E-state index is 12.7. The molecular formula is C23H29N3O2. The molecule has 148 valence electrons. The van der Waals surface area contributed by atoms with Gasteiger partial charge in [-0.05, 0) is 48.9 Å². The molecule has 3 rings (SSSR count). The van der Waals surface area contributed by atoms with Crippen molar-refractivity contribution in [3.05, 3.63) is 59.8 Å². The normalized spacial score (nSPS) is 16.6. The zero-order chi connectivity index (χ0) is 19.6. The number of anilines is 1. The predicted octanol–water partition coefficient (Wildman–Crippen LogP) is 3.81. The van der Waals surface area contributed by atoms with Crippen LogP contribution in [0, 0.1) is 0 Å². The van der Waals surface area contributed by atoms with E-state index < -0.39 is 0 Å². The number of carbonyl (C=O) groups excluding carboxylic acids is 2. The summed E-state index contributed by atoms with van der Waals surface area (Å²) in [4.78, 5) is 29.7. The average molecular weight is 380 g/mol. The van der Waals surface area contributed by atoms with Gasteiger partial charge in [-0.1, -0.05) is 30.3 Å². The number of amides is 1. The Labute approximate surface area is 167 Å². The second kappa shape index (κ2) is 10.6. The lowest BCUT2D eigenvalue weighted by atomic mass is 9.86. The Bertz CT molecular complexity index is 763. The SMILES string of the molecule is O=CCCc1ccccc1C1CCCN(C(=O)CCCNc2ccccn2)C1. The highest BCUT2D eigenvalue weighted by atomic mass is 16.2. The molecule has 1 aliphatic rings. The maximum Gasteiger partial charge on any atom is 0.222 e. The van der Waals surface area contributed by atoms with E-state index in [1.165, 1.54) is 11.1 Å². The molecule has 0 saturated carbocycles. The average Bonchev–Trinajstić information content (AvgIpc) is 2.76. The standard InChI is InChI=1S/C23H29N3O2/c27-17-7-10-19-8-1-2-11-21(19)20-9-6-16-26(18-20)23(28)13-5-15-25-22-12-3-4-14-24-22/h1-4,8,11-12,14,17,20H,5-7,9-10,13,15-16,18H2,(H,24,25). The Hall–Kier alpha value is -2.69. The fraction of sp³-hybridized carbons (Fsp3) is 0.435. The molecule has 1 unspecified atom stereocenters. The lowest BCUT2D eigenvalue weighted by molar-refractivity contribution is -0.132. The summed E-state index contributed by atoms with van der Waals surface area (Å²) in [6, 6.07) is 14.1. The molecule has 2 heterocycles. The van der Waals surface area contributed by atoms with E-state index in [9.17, 15) is 9.59 Å². The van der Waals surface area contributed by atoms with E-state index in [0.29, 0.717) is 18.8 Å². The van der Waals surface area contributed by atoms with Gasteiger partial charge < -0.3 is 15.0 Å². The van der Waals surface area contributed by atoms with Gasteiger partial charge in [0.05, 0.1) is 0 Å². The van der Waals surface area contributed by atoms with Crippen LogP contribution < -0.4 is 5.32 Å². The summed E-state index contributed by atoms with van der Waals surface area (Å²) < 4.78 is 0. The quantitative estimate of drug-likeness (QED) is 0.532. The van der Waals surface area contributed by atoms with Gasteiger partial charge in [-0.25, -0.2) is 4.98 Å². The van der Waals surface area contributed by atoms with Crippen LogP contribution in [0.15, 0.2) is 48.7 Å². The Kier molecular flexibility index (Phi) is 7.59. The molecule has 2 aromatic rings. The molecule has 1 aliphatic heterocycles. The summed E-state index contributed by atoms with van der Waals surface area (Å²) in [7, 11) is 0. The van der Waals surface area contributed by atoms with Crippen LogP contribution in [0.4, 0.5) is 5.82 Å². The van der Waals surface area contributed by atoms with Crippen LogP contribution in [-0.4, -0.2) is 41.7 Å². The third-order valence-corrected chi connectivity index (χ3v) is 5.34. The van der Waals surface area contributed by atoms with Crippen LogP contribution in [0.3, 0.4) is 0 Å². The molecule has 0 aliphatic carbocycles. The smallest absolute Gasteiger partial charge is 0.222 e. The first kappa shape index (κ1) is 20.1. The van der Waals surface area contributed by atoms with E-state index in [1.54, 1.807) is 6.20 Å². The van der Waals surface area contributed by atoms with Gasteiger partial charge in [0.25, 0.3) is 0 Å². The number of aryl methyl sites for hydroxylation is 1. The summed E-state index contributed by atoms with van der Waals surface area (Å²) in [5, 5.41) is 3.25. The third-order valence-electron chi connectivity index (χ3n) is 5.34. The second-order valence-electron chi connectivity index (χ2n) is 7.33. The zero-order valence-electron chi connectivity index (χ0n) is 16.3. The number of hydrogen-bond acceptors (Lipinski definition) is 4. The number of hydrogen-bond donors (Lipinski definition) is 1. The number of carbonyl (C=O) groups is 2. The van der Waals surface area contributed by atoms with Gasteiger partial charge in [-0.15, -0.1) is 0 Å². The molecule has 1 aromatic carbocycles. The highest BCUT2D eigenvalue weighted by Gasteiger charge is 2.25. The topological polar surface area (TPSA) is 62.3 Å². The number of likely N-dealkylation sites (tertiary alicyclic amines) is 1. The number of aldehydes is 1. The van der Waals surface area contributed by atoms with Crippen molar-refractivity contribution in [2.45, 2.75) is 44.4 Å². The molecule has 5 nitrogen and oxygen atoms in total. The van der Waals surface area contributed by atoms with Crippen LogP contribution in [-0.2, 0) is 16.0 Å². The first-order chi connectivity index (χ1) is 13.8. The largest absolute Gasteiger partial charge is 0.370 e. The first-order valence-corrected chi connectivity index (χ1v) is 10.2. The van der Waals surface area contributed by atoms with Crippen molar-refractivity contribution in [1.82, 2.24) is 9.88 Å². The summed E-state index contributed by atoms with van der Waals surface area (Å²) in [6.07, 6.45) is 7.55. The molecule has 1 N–H and O–H groups in total. The molecule has 28 heavy (non-hydrogen) atoms. The molecule has 0 radical (unpaired) electrons. The summed E-state index contributed by atoms with van der Waals surface area (Å²) in [6.45, 7) is 2.37. The molecule has 1 aromatic heterocycles. The summed E-state index contributed by atoms with van der Waals surface area (Å²) in [5.41, 5.74) is 2.55. The van der Waals surface area contributed by atoms with Crippen LogP contribution in [0.1, 0.15) is 49.1 Å². The fourth-order valence-corrected chi connectivity index (χ4v) is 3.91. The van der Waals surface area contributed by atoms with Crippen LogP contribution in [0.5, 0.6) is 0 Å². The van der Waals surface area contributed by atoms with E-state index >= 15 is 0 Å². The Morgan fingerprint density at radius 3 is 2.89 bits per heavy atom. The highest BCUT2D eigenvalue weighted by Crippen LogP contribution is 2.30. The third kappa shape index (κ3) is 5.65. The lowest BCUT2D eigenvalue weighted by Crippen LogP contribution is -2.39.